The lowest BCUT2D eigenvalue weighted by molar-refractivity contribution is 0.755. The fourth-order valence-corrected chi connectivity index (χ4v) is 1.11. The molecule has 0 radical (unpaired) electrons. The van der Waals surface area contributed by atoms with Gasteiger partial charge in [0.2, 0.25) is 0 Å². The summed E-state index contributed by atoms with van der Waals surface area (Å²) in [4.78, 5) is 0. The highest BCUT2D eigenvalue weighted by atomic mass is 15.3. The zero-order chi connectivity index (χ0) is 8.43. The second-order valence-corrected chi connectivity index (χ2v) is 2.99. The number of hydrogen-bond donors (Lipinski definition) is 0. The third kappa shape index (κ3) is 1.50. The maximum atomic E-state index is 4.25. The molecule has 1 aromatic heterocycles. The quantitative estimate of drug-likeness (QED) is 0.633. The summed E-state index contributed by atoms with van der Waals surface area (Å²) in [5, 5.41) is 4.25. The molecule has 0 N–H and O–H groups in total. The van der Waals surface area contributed by atoms with Crippen molar-refractivity contribution in [1.29, 1.82) is 0 Å². The SMILES string of the molecule is C=Cn1nc(C)cc1C(C)C. The molecule has 2 nitrogen and oxygen atoms in total. The Morgan fingerprint density at radius 3 is 2.64 bits per heavy atom. The van der Waals surface area contributed by atoms with Crippen molar-refractivity contribution >= 4 is 6.20 Å². The maximum Gasteiger partial charge on any atom is 0.0600 e. The zero-order valence-electron chi connectivity index (χ0n) is 7.33. The molecular weight excluding hydrogens is 136 g/mol. The van der Waals surface area contributed by atoms with Crippen LogP contribution < -0.4 is 0 Å². The molecule has 0 aromatic carbocycles. The predicted molar refractivity (Wildman–Crippen MR) is 47.4 cm³/mol. The Hall–Kier alpha value is -1.05. The van der Waals surface area contributed by atoms with E-state index >= 15 is 0 Å². The van der Waals surface area contributed by atoms with Gasteiger partial charge in [0.15, 0.2) is 0 Å². The van der Waals surface area contributed by atoms with E-state index in [4.69, 9.17) is 0 Å². The molecule has 0 saturated carbocycles. The molecule has 0 unspecified atom stereocenters. The highest BCUT2D eigenvalue weighted by Gasteiger charge is 2.05. The van der Waals surface area contributed by atoms with E-state index in [-0.39, 0.29) is 0 Å². The van der Waals surface area contributed by atoms with Gasteiger partial charge in [-0.3, -0.25) is 0 Å². The Bertz CT molecular complexity index is 259. The van der Waals surface area contributed by atoms with Gasteiger partial charge in [-0.2, -0.15) is 5.10 Å². The third-order valence-electron chi connectivity index (χ3n) is 1.65. The van der Waals surface area contributed by atoms with E-state index in [0.29, 0.717) is 5.92 Å². The Kier molecular flexibility index (Phi) is 2.13. The Balaban J connectivity index is 3.11. The minimum absolute atomic E-state index is 0.509. The molecule has 0 atom stereocenters. The lowest BCUT2D eigenvalue weighted by Gasteiger charge is -2.03. The molecule has 0 fully saturated rings. The van der Waals surface area contributed by atoms with Crippen LogP contribution in [-0.2, 0) is 0 Å². The van der Waals surface area contributed by atoms with Gasteiger partial charge in [0.25, 0.3) is 0 Å². The minimum Gasteiger partial charge on any atom is -0.245 e. The highest BCUT2D eigenvalue weighted by Crippen LogP contribution is 2.15. The summed E-state index contributed by atoms with van der Waals surface area (Å²) in [5.41, 5.74) is 2.27. The fraction of sp³-hybridized carbons (Fsp3) is 0.444. The first-order valence-electron chi connectivity index (χ1n) is 3.83. The molecule has 0 bridgehead atoms. The van der Waals surface area contributed by atoms with Crippen LogP contribution in [0.1, 0.15) is 31.2 Å². The van der Waals surface area contributed by atoms with Crippen molar-refractivity contribution in [3.8, 4) is 0 Å². The van der Waals surface area contributed by atoms with Crippen molar-refractivity contribution in [2.45, 2.75) is 26.7 Å². The van der Waals surface area contributed by atoms with Crippen LogP contribution in [-0.4, -0.2) is 9.78 Å². The molecule has 0 spiro atoms. The highest BCUT2D eigenvalue weighted by molar-refractivity contribution is 5.24. The largest absolute Gasteiger partial charge is 0.245 e. The molecule has 11 heavy (non-hydrogen) atoms. The van der Waals surface area contributed by atoms with Crippen molar-refractivity contribution in [3.05, 3.63) is 24.0 Å². The number of aromatic nitrogens is 2. The van der Waals surface area contributed by atoms with Gasteiger partial charge < -0.3 is 0 Å². The molecular formula is C9H14N2. The molecule has 0 aliphatic heterocycles. The van der Waals surface area contributed by atoms with Crippen LogP contribution in [0.3, 0.4) is 0 Å². The molecule has 0 amide bonds. The molecule has 0 aliphatic carbocycles. The molecule has 1 rings (SSSR count). The second-order valence-electron chi connectivity index (χ2n) is 2.99. The summed E-state index contributed by atoms with van der Waals surface area (Å²) in [6, 6.07) is 2.09. The van der Waals surface area contributed by atoms with E-state index in [1.807, 2.05) is 11.6 Å². The van der Waals surface area contributed by atoms with E-state index in [1.165, 1.54) is 5.69 Å². The summed E-state index contributed by atoms with van der Waals surface area (Å²) in [6.45, 7) is 9.98. The monoisotopic (exact) mass is 150 g/mol. The first-order chi connectivity index (χ1) is 5.15. The van der Waals surface area contributed by atoms with Crippen molar-refractivity contribution < 1.29 is 0 Å². The molecule has 1 heterocycles. The lowest BCUT2D eigenvalue weighted by atomic mass is 10.1. The topological polar surface area (TPSA) is 17.8 Å². The van der Waals surface area contributed by atoms with E-state index in [9.17, 15) is 0 Å². The van der Waals surface area contributed by atoms with Crippen LogP contribution >= 0.6 is 0 Å². The summed E-state index contributed by atoms with van der Waals surface area (Å²) < 4.78 is 1.83. The van der Waals surface area contributed by atoms with Crippen molar-refractivity contribution in [2.75, 3.05) is 0 Å². The van der Waals surface area contributed by atoms with Crippen LogP contribution in [0, 0.1) is 6.92 Å². The van der Waals surface area contributed by atoms with E-state index in [1.54, 1.807) is 6.20 Å². The van der Waals surface area contributed by atoms with E-state index in [0.717, 1.165) is 5.69 Å². The summed E-state index contributed by atoms with van der Waals surface area (Å²) in [6.07, 6.45) is 1.74. The van der Waals surface area contributed by atoms with Gasteiger partial charge in [-0.1, -0.05) is 20.4 Å². The molecule has 60 valence electrons. The van der Waals surface area contributed by atoms with Gasteiger partial charge in [-0.15, -0.1) is 0 Å². The second kappa shape index (κ2) is 2.91. The number of hydrogen-bond acceptors (Lipinski definition) is 1. The van der Waals surface area contributed by atoms with Gasteiger partial charge >= 0.3 is 0 Å². The van der Waals surface area contributed by atoms with Crippen LogP contribution in [0.5, 0.6) is 0 Å². The van der Waals surface area contributed by atoms with Crippen LogP contribution in [0.25, 0.3) is 6.20 Å². The van der Waals surface area contributed by atoms with Gasteiger partial charge in [0, 0.05) is 11.9 Å². The van der Waals surface area contributed by atoms with Gasteiger partial charge in [-0.05, 0) is 18.9 Å². The average molecular weight is 150 g/mol. The Labute approximate surface area is 67.5 Å². The summed E-state index contributed by atoms with van der Waals surface area (Å²) >= 11 is 0. The van der Waals surface area contributed by atoms with Crippen LogP contribution in [0.15, 0.2) is 12.6 Å². The van der Waals surface area contributed by atoms with Gasteiger partial charge in [-0.25, -0.2) is 4.68 Å². The number of nitrogens with zero attached hydrogens (tertiary/aromatic N) is 2. The van der Waals surface area contributed by atoms with Crippen LogP contribution in [0.4, 0.5) is 0 Å². The lowest BCUT2D eigenvalue weighted by Crippen LogP contribution is -1.97. The van der Waals surface area contributed by atoms with Gasteiger partial charge in [0.1, 0.15) is 0 Å². The van der Waals surface area contributed by atoms with Crippen molar-refractivity contribution in [1.82, 2.24) is 9.78 Å². The maximum absolute atomic E-state index is 4.25. The van der Waals surface area contributed by atoms with Crippen molar-refractivity contribution in [2.24, 2.45) is 0 Å². The Morgan fingerprint density at radius 1 is 1.64 bits per heavy atom. The van der Waals surface area contributed by atoms with Crippen molar-refractivity contribution in [3.63, 3.8) is 0 Å². The zero-order valence-corrected chi connectivity index (χ0v) is 7.33. The normalized spacial score (nSPS) is 10.5. The third-order valence-corrected chi connectivity index (χ3v) is 1.65. The molecule has 2 heteroatoms. The summed E-state index contributed by atoms with van der Waals surface area (Å²) in [5.74, 6) is 0.509. The number of rotatable bonds is 2. The minimum atomic E-state index is 0.509. The molecule has 0 aliphatic rings. The Morgan fingerprint density at radius 2 is 2.27 bits per heavy atom. The van der Waals surface area contributed by atoms with E-state index in [2.05, 4.69) is 31.6 Å². The molecule has 0 saturated heterocycles. The fourth-order valence-electron chi connectivity index (χ4n) is 1.11. The number of aryl methyl sites for hydroxylation is 1. The predicted octanol–water partition coefficient (Wildman–Crippen LogP) is 2.42. The van der Waals surface area contributed by atoms with Crippen LogP contribution in [0.2, 0.25) is 0 Å². The van der Waals surface area contributed by atoms with Gasteiger partial charge in [0.05, 0.1) is 5.69 Å². The molecule has 1 aromatic rings. The standard InChI is InChI=1S/C9H14N2/c1-5-11-9(7(2)3)6-8(4)10-11/h5-7H,1H2,2-4H3. The first kappa shape index (κ1) is 8.05. The average Bonchev–Trinajstić information content (AvgIpc) is 2.30. The summed E-state index contributed by atoms with van der Waals surface area (Å²) in [7, 11) is 0. The first-order valence-corrected chi connectivity index (χ1v) is 3.83. The van der Waals surface area contributed by atoms with E-state index < -0.39 is 0 Å². The smallest absolute Gasteiger partial charge is 0.0600 e.